The van der Waals surface area contributed by atoms with E-state index in [9.17, 15) is 9.59 Å². The molecule has 1 aliphatic carbocycles. The van der Waals surface area contributed by atoms with Crippen molar-refractivity contribution in [2.75, 3.05) is 23.8 Å². The summed E-state index contributed by atoms with van der Waals surface area (Å²) in [5.41, 5.74) is 1.46. The zero-order valence-electron chi connectivity index (χ0n) is 13.6. The molecule has 2 aromatic carbocycles. The van der Waals surface area contributed by atoms with Crippen LogP contribution >= 0.6 is 11.6 Å². The highest BCUT2D eigenvalue weighted by atomic mass is 35.5. The molecule has 6 heteroatoms. The van der Waals surface area contributed by atoms with Gasteiger partial charge in [0.1, 0.15) is 6.61 Å². The van der Waals surface area contributed by atoms with Crippen LogP contribution in [0.2, 0.25) is 5.02 Å². The number of carbonyl (C=O) groups is 2. The standard InChI is InChI=1S/C19H19ClN2O3/c20-14-7-9-15(10-8-14)21-19(24)16-3-1-2-4-17(16)22-18(23)12-25-11-13-5-6-13/h1-4,7-10,13H,5-6,11-12H2,(H,21,24)(H,22,23). The minimum Gasteiger partial charge on any atom is -0.371 e. The summed E-state index contributed by atoms with van der Waals surface area (Å²) in [6.07, 6.45) is 2.35. The molecule has 0 bridgehead atoms. The monoisotopic (exact) mass is 358 g/mol. The normalized spacial score (nSPS) is 13.3. The maximum Gasteiger partial charge on any atom is 0.257 e. The molecule has 0 unspecified atom stereocenters. The van der Waals surface area contributed by atoms with E-state index in [1.807, 2.05) is 0 Å². The topological polar surface area (TPSA) is 67.4 Å². The highest BCUT2D eigenvalue weighted by molar-refractivity contribution is 6.30. The fourth-order valence-electron chi connectivity index (χ4n) is 2.31. The Morgan fingerprint density at radius 3 is 2.48 bits per heavy atom. The summed E-state index contributed by atoms with van der Waals surface area (Å²) >= 11 is 5.84. The van der Waals surface area contributed by atoms with Gasteiger partial charge in [-0.25, -0.2) is 0 Å². The highest BCUT2D eigenvalue weighted by Crippen LogP contribution is 2.28. The average molecular weight is 359 g/mol. The smallest absolute Gasteiger partial charge is 0.257 e. The second kappa shape index (κ2) is 8.14. The fourth-order valence-corrected chi connectivity index (χ4v) is 2.44. The van der Waals surface area contributed by atoms with E-state index in [2.05, 4.69) is 10.6 Å². The summed E-state index contributed by atoms with van der Waals surface area (Å²) in [4.78, 5) is 24.5. The van der Waals surface area contributed by atoms with Gasteiger partial charge in [0.2, 0.25) is 5.91 Å². The Hall–Kier alpha value is -2.37. The van der Waals surface area contributed by atoms with Crippen molar-refractivity contribution < 1.29 is 14.3 Å². The van der Waals surface area contributed by atoms with E-state index >= 15 is 0 Å². The van der Waals surface area contributed by atoms with Gasteiger partial charge in [0, 0.05) is 10.7 Å². The number of hydrogen-bond donors (Lipinski definition) is 2. The zero-order valence-corrected chi connectivity index (χ0v) is 14.4. The largest absolute Gasteiger partial charge is 0.371 e. The highest BCUT2D eigenvalue weighted by Gasteiger charge is 2.21. The van der Waals surface area contributed by atoms with Gasteiger partial charge in [-0.3, -0.25) is 9.59 Å². The molecule has 5 nitrogen and oxygen atoms in total. The number of halogens is 1. The first-order valence-electron chi connectivity index (χ1n) is 8.15. The number of amides is 2. The lowest BCUT2D eigenvalue weighted by Crippen LogP contribution is -2.22. The predicted octanol–water partition coefficient (Wildman–Crippen LogP) is 3.96. The van der Waals surface area contributed by atoms with Crippen molar-refractivity contribution in [1.29, 1.82) is 0 Å². The number of rotatable bonds is 7. The van der Waals surface area contributed by atoms with Crippen molar-refractivity contribution in [3.8, 4) is 0 Å². The fraction of sp³-hybridized carbons (Fsp3) is 0.263. The van der Waals surface area contributed by atoms with Gasteiger partial charge >= 0.3 is 0 Å². The first-order valence-corrected chi connectivity index (χ1v) is 8.53. The predicted molar refractivity (Wildman–Crippen MR) is 98.0 cm³/mol. The third-order valence-electron chi connectivity index (χ3n) is 3.83. The summed E-state index contributed by atoms with van der Waals surface area (Å²) < 4.78 is 5.37. The molecule has 1 fully saturated rings. The lowest BCUT2D eigenvalue weighted by atomic mass is 10.1. The SMILES string of the molecule is O=C(COCC1CC1)Nc1ccccc1C(=O)Nc1ccc(Cl)cc1. The van der Waals surface area contributed by atoms with Crippen LogP contribution in [0.15, 0.2) is 48.5 Å². The second-order valence-corrected chi connectivity index (χ2v) is 6.45. The molecule has 3 rings (SSSR count). The summed E-state index contributed by atoms with van der Waals surface area (Å²) in [6, 6.07) is 13.7. The van der Waals surface area contributed by atoms with Crippen LogP contribution in [-0.4, -0.2) is 25.0 Å². The maximum absolute atomic E-state index is 12.5. The van der Waals surface area contributed by atoms with Gasteiger partial charge in [-0.05, 0) is 55.2 Å². The Morgan fingerprint density at radius 1 is 1.04 bits per heavy atom. The molecule has 2 N–H and O–H groups in total. The van der Waals surface area contributed by atoms with Crippen LogP contribution < -0.4 is 10.6 Å². The van der Waals surface area contributed by atoms with Gasteiger partial charge in [0.05, 0.1) is 17.9 Å². The number of nitrogens with one attached hydrogen (secondary N) is 2. The third-order valence-corrected chi connectivity index (χ3v) is 4.08. The second-order valence-electron chi connectivity index (χ2n) is 6.01. The minimum atomic E-state index is -0.308. The van der Waals surface area contributed by atoms with Crippen molar-refractivity contribution in [1.82, 2.24) is 0 Å². The minimum absolute atomic E-state index is 0.0103. The van der Waals surface area contributed by atoms with Crippen LogP contribution in [0.4, 0.5) is 11.4 Å². The van der Waals surface area contributed by atoms with E-state index in [1.54, 1.807) is 48.5 Å². The summed E-state index contributed by atoms with van der Waals surface area (Å²) in [7, 11) is 0. The Morgan fingerprint density at radius 2 is 1.76 bits per heavy atom. The van der Waals surface area contributed by atoms with Gasteiger partial charge in [0.25, 0.3) is 5.91 Å². The lowest BCUT2D eigenvalue weighted by molar-refractivity contribution is -0.120. The van der Waals surface area contributed by atoms with Crippen molar-refractivity contribution in [3.63, 3.8) is 0 Å². The third kappa shape index (κ3) is 5.31. The van der Waals surface area contributed by atoms with Crippen molar-refractivity contribution in [2.24, 2.45) is 5.92 Å². The van der Waals surface area contributed by atoms with Crippen LogP contribution in [0.5, 0.6) is 0 Å². The number of hydrogen-bond acceptors (Lipinski definition) is 3. The average Bonchev–Trinajstić information content (AvgIpc) is 3.42. The first-order chi connectivity index (χ1) is 12.1. The molecule has 0 aromatic heterocycles. The molecule has 130 valence electrons. The van der Waals surface area contributed by atoms with Crippen molar-refractivity contribution in [2.45, 2.75) is 12.8 Å². The molecule has 2 aromatic rings. The molecule has 0 atom stereocenters. The molecule has 1 aliphatic rings. The Bertz CT molecular complexity index is 758. The molecule has 0 radical (unpaired) electrons. The van der Waals surface area contributed by atoms with E-state index in [0.29, 0.717) is 34.5 Å². The maximum atomic E-state index is 12.5. The van der Waals surface area contributed by atoms with Crippen LogP contribution in [-0.2, 0) is 9.53 Å². The summed E-state index contributed by atoms with van der Waals surface area (Å²) in [6.45, 7) is 0.607. The molecule has 0 heterocycles. The lowest BCUT2D eigenvalue weighted by Gasteiger charge is -2.12. The summed E-state index contributed by atoms with van der Waals surface area (Å²) in [5, 5.41) is 6.11. The Balaban J connectivity index is 1.61. The molecule has 0 saturated heterocycles. The van der Waals surface area contributed by atoms with Crippen molar-refractivity contribution >= 4 is 34.8 Å². The van der Waals surface area contributed by atoms with E-state index in [1.165, 1.54) is 12.8 Å². The molecule has 0 spiro atoms. The number of carbonyl (C=O) groups excluding carboxylic acids is 2. The van der Waals surface area contributed by atoms with Crippen LogP contribution in [0.1, 0.15) is 23.2 Å². The van der Waals surface area contributed by atoms with Gasteiger partial charge in [-0.15, -0.1) is 0 Å². The quantitative estimate of drug-likeness (QED) is 0.787. The van der Waals surface area contributed by atoms with Gasteiger partial charge in [-0.1, -0.05) is 23.7 Å². The van der Waals surface area contributed by atoms with Crippen LogP contribution in [0.3, 0.4) is 0 Å². The Labute approximate surface area is 151 Å². The molecule has 25 heavy (non-hydrogen) atoms. The summed E-state index contributed by atoms with van der Waals surface area (Å²) in [5.74, 6) is 0.0229. The van der Waals surface area contributed by atoms with Crippen LogP contribution in [0, 0.1) is 5.92 Å². The molecule has 1 saturated carbocycles. The molecule has 2 amide bonds. The number of anilines is 2. The molecular formula is C19H19ClN2O3. The van der Waals surface area contributed by atoms with Gasteiger partial charge < -0.3 is 15.4 Å². The van der Waals surface area contributed by atoms with Gasteiger partial charge in [0.15, 0.2) is 0 Å². The zero-order chi connectivity index (χ0) is 17.6. The first kappa shape index (κ1) is 17.5. The van der Waals surface area contributed by atoms with E-state index in [-0.39, 0.29) is 18.4 Å². The van der Waals surface area contributed by atoms with Crippen LogP contribution in [0.25, 0.3) is 0 Å². The number of benzene rings is 2. The number of para-hydroxylation sites is 1. The van der Waals surface area contributed by atoms with E-state index in [0.717, 1.165) is 0 Å². The van der Waals surface area contributed by atoms with Gasteiger partial charge in [-0.2, -0.15) is 0 Å². The Kier molecular flexibility index (Phi) is 5.68. The van der Waals surface area contributed by atoms with E-state index < -0.39 is 0 Å². The molecule has 0 aliphatic heterocycles. The number of ether oxygens (including phenoxy) is 1. The van der Waals surface area contributed by atoms with E-state index in [4.69, 9.17) is 16.3 Å². The van der Waals surface area contributed by atoms with Crippen molar-refractivity contribution in [3.05, 3.63) is 59.1 Å². The molecular weight excluding hydrogens is 340 g/mol.